The average Bonchev–Trinajstić information content (AvgIpc) is 2.34. The van der Waals surface area contributed by atoms with Gasteiger partial charge in [-0.05, 0) is 30.8 Å². The summed E-state index contributed by atoms with van der Waals surface area (Å²) in [6, 6.07) is 3.73. The Labute approximate surface area is 113 Å². The molecule has 0 aliphatic rings. The number of nitrogens with two attached hydrogens (primary N) is 1. The molecular formula is C12H15F4N3O. The smallest absolute Gasteiger partial charge is 0.390 e. The van der Waals surface area contributed by atoms with Gasteiger partial charge in [-0.3, -0.25) is 0 Å². The molecule has 0 bridgehead atoms. The van der Waals surface area contributed by atoms with Gasteiger partial charge in [0.15, 0.2) is 5.84 Å². The molecule has 1 rings (SSSR count). The minimum Gasteiger partial charge on any atom is -0.409 e. The Kier molecular flexibility index (Phi) is 5.32. The van der Waals surface area contributed by atoms with Crippen LogP contribution in [0.15, 0.2) is 23.4 Å². The summed E-state index contributed by atoms with van der Waals surface area (Å²) in [5, 5.41) is 11.3. The van der Waals surface area contributed by atoms with Gasteiger partial charge in [0.25, 0.3) is 0 Å². The summed E-state index contributed by atoms with van der Waals surface area (Å²) in [4.78, 5) is 1.42. The van der Waals surface area contributed by atoms with E-state index >= 15 is 0 Å². The van der Waals surface area contributed by atoms with Crippen LogP contribution in [0.2, 0.25) is 0 Å². The van der Waals surface area contributed by atoms with Crippen LogP contribution < -0.4 is 5.73 Å². The number of halogens is 4. The number of oxime groups is 1. The van der Waals surface area contributed by atoms with Gasteiger partial charge in [-0.15, -0.1) is 0 Å². The van der Waals surface area contributed by atoms with E-state index in [9.17, 15) is 17.6 Å². The highest BCUT2D eigenvalue weighted by atomic mass is 19.4. The van der Waals surface area contributed by atoms with E-state index in [4.69, 9.17) is 10.9 Å². The van der Waals surface area contributed by atoms with E-state index < -0.39 is 18.4 Å². The predicted octanol–water partition coefficient (Wildman–Crippen LogP) is 2.30. The maximum Gasteiger partial charge on any atom is 0.390 e. The van der Waals surface area contributed by atoms with E-state index in [1.165, 1.54) is 24.1 Å². The molecule has 112 valence electrons. The summed E-state index contributed by atoms with van der Waals surface area (Å²) < 4.78 is 49.6. The second-order valence-electron chi connectivity index (χ2n) is 4.44. The molecule has 0 unspecified atom stereocenters. The zero-order valence-corrected chi connectivity index (χ0v) is 10.8. The molecule has 3 N–H and O–H groups in total. The van der Waals surface area contributed by atoms with Crippen molar-refractivity contribution in [2.24, 2.45) is 10.9 Å². The van der Waals surface area contributed by atoms with Crippen LogP contribution in [0.5, 0.6) is 0 Å². The van der Waals surface area contributed by atoms with Crippen molar-refractivity contribution in [3.05, 3.63) is 35.1 Å². The summed E-state index contributed by atoms with van der Waals surface area (Å²) >= 11 is 0. The average molecular weight is 293 g/mol. The molecule has 8 heteroatoms. The highest BCUT2D eigenvalue weighted by Gasteiger charge is 2.27. The first kappa shape index (κ1) is 16.2. The van der Waals surface area contributed by atoms with E-state index in [2.05, 4.69) is 5.16 Å². The highest BCUT2D eigenvalue weighted by molar-refractivity contribution is 5.97. The number of nitrogens with zero attached hydrogens (tertiary/aromatic N) is 2. The second-order valence-corrected chi connectivity index (χ2v) is 4.44. The minimum absolute atomic E-state index is 0.125. The fourth-order valence-corrected chi connectivity index (χ4v) is 1.66. The maximum absolute atomic E-state index is 13.4. The lowest BCUT2D eigenvalue weighted by atomic mass is 10.1. The van der Waals surface area contributed by atoms with Gasteiger partial charge in [-0.25, -0.2) is 4.39 Å². The third-order valence-corrected chi connectivity index (χ3v) is 2.59. The van der Waals surface area contributed by atoms with Gasteiger partial charge < -0.3 is 15.8 Å². The molecule has 0 amide bonds. The summed E-state index contributed by atoms with van der Waals surface area (Å²) in [5.41, 5.74) is 5.96. The summed E-state index contributed by atoms with van der Waals surface area (Å²) in [6.07, 6.45) is -5.17. The molecule has 20 heavy (non-hydrogen) atoms. The first-order valence-corrected chi connectivity index (χ1v) is 5.74. The lowest BCUT2D eigenvalue weighted by Crippen LogP contribution is -2.24. The number of rotatable bonds is 5. The maximum atomic E-state index is 13.4. The Bertz CT molecular complexity index is 488. The third-order valence-electron chi connectivity index (χ3n) is 2.59. The Morgan fingerprint density at radius 3 is 2.55 bits per heavy atom. The van der Waals surface area contributed by atoms with Gasteiger partial charge in [0.2, 0.25) is 0 Å². The molecule has 0 radical (unpaired) electrons. The molecule has 0 atom stereocenters. The van der Waals surface area contributed by atoms with Crippen LogP contribution in [-0.2, 0) is 6.54 Å². The molecular weight excluding hydrogens is 278 g/mol. The van der Waals surface area contributed by atoms with E-state index in [1.807, 2.05) is 0 Å². The van der Waals surface area contributed by atoms with Crippen molar-refractivity contribution < 1.29 is 22.8 Å². The Morgan fingerprint density at radius 2 is 2.00 bits per heavy atom. The monoisotopic (exact) mass is 293 g/mol. The summed E-state index contributed by atoms with van der Waals surface area (Å²) in [6.45, 7) is -0.0710. The standard InChI is InChI=1S/C12H15F4N3O/c1-19(3-2-12(14,15)16)7-8-4-9(11(17)18-20)6-10(13)5-8/h4-6,20H,2-3,7H2,1H3,(H2,17,18). The first-order chi connectivity index (χ1) is 9.21. The molecule has 1 aromatic carbocycles. The van der Waals surface area contributed by atoms with Crippen LogP contribution in [0.4, 0.5) is 17.6 Å². The van der Waals surface area contributed by atoms with Crippen LogP contribution in [-0.4, -0.2) is 35.7 Å². The molecule has 4 nitrogen and oxygen atoms in total. The SMILES string of the molecule is CN(CCC(F)(F)F)Cc1cc(F)cc(/C(N)=N/O)c1. The molecule has 1 aromatic rings. The van der Waals surface area contributed by atoms with Crippen molar-refractivity contribution in [3.8, 4) is 0 Å². The van der Waals surface area contributed by atoms with Crippen molar-refractivity contribution in [3.63, 3.8) is 0 Å². The minimum atomic E-state index is -4.23. The van der Waals surface area contributed by atoms with Gasteiger partial charge >= 0.3 is 6.18 Å². The number of amidine groups is 1. The lowest BCUT2D eigenvalue weighted by Gasteiger charge is -2.18. The van der Waals surface area contributed by atoms with Crippen molar-refractivity contribution in [1.29, 1.82) is 0 Å². The summed E-state index contributed by atoms with van der Waals surface area (Å²) in [5.74, 6) is -0.864. The Balaban J connectivity index is 2.75. The number of hydrogen-bond acceptors (Lipinski definition) is 3. The van der Waals surface area contributed by atoms with Crippen molar-refractivity contribution >= 4 is 5.84 Å². The molecule has 0 heterocycles. The Morgan fingerprint density at radius 1 is 1.35 bits per heavy atom. The van der Waals surface area contributed by atoms with Gasteiger partial charge in [0.05, 0.1) is 6.42 Å². The van der Waals surface area contributed by atoms with E-state index in [1.54, 1.807) is 0 Å². The van der Waals surface area contributed by atoms with Gasteiger partial charge in [0, 0.05) is 18.7 Å². The molecule has 0 aliphatic heterocycles. The van der Waals surface area contributed by atoms with Crippen molar-refractivity contribution in [2.75, 3.05) is 13.6 Å². The van der Waals surface area contributed by atoms with Crippen molar-refractivity contribution in [2.45, 2.75) is 19.1 Å². The molecule has 0 aliphatic carbocycles. The zero-order chi connectivity index (χ0) is 15.3. The van der Waals surface area contributed by atoms with Crippen LogP contribution in [0.1, 0.15) is 17.5 Å². The van der Waals surface area contributed by atoms with Crippen LogP contribution in [0, 0.1) is 5.82 Å². The third kappa shape index (κ3) is 5.43. The molecule has 0 aromatic heterocycles. The highest BCUT2D eigenvalue weighted by Crippen LogP contribution is 2.20. The van der Waals surface area contributed by atoms with Gasteiger partial charge in [-0.1, -0.05) is 5.16 Å². The summed E-state index contributed by atoms with van der Waals surface area (Å²) in [7, 11) is 1.50. The van der Waals surface area contributed by atoms with Crippen LogP contribution in [0.3, 0.4) is 0 Å². The molecule has 0 spiro atoms. The normalized spacial score (nSPS) is 13.0. The van der Waals surface area contributed by atoms with Crippen molar-refractivity contribution in [1.82, 2.24) is 4.90 Å². The number of hydrogen-bond donors (Lipinski definition) is 2. The molecule has 0 fully saturated rings. The van der Waals surface area contributed by atoms with Crippen LogP contribution >= 0.6 is 0 Å². The number of benzene rings is 1. The Hall–Kier alpha value is -1.83. The lowest BCUT2D eigenvalue weighted by molar-refractivity contribution is -0.137. The first-order valence-electron chi connectivity index (χ1n) is 5.74. The molecule has 0 saturated heterocycles. The van der Waals surface area contributed by atoms with E-state index in [0.29, 0.717) is 5.56 Å². The van der Waals surface area contributed by atoms with E-state index in [0.717, 1.165) is 6.07 Å². The number of alkyl halides is 3. The van der Waals surface area contributed by atoms with Gasteiger partial charge in [-0.2, -0.15) is 13.2 Å². The molecule has 0 saturated carbocycles. The topological polar surface area (TPSA) is 61.8 Å². The quantitative estimate of drug-likeness (QED) is 0.288. The predicted molar refractivity (Wildman–Crippen MR) is 65.9 cm³/mol. The fraction of sp³-hybridized carbons (Fsp3) is 0.417. The second kappa shape index (κ2) is 6.56. The van der Waals surface area contributed by atoms with Gasteiger partial charge in [0.1, 0.15) is 5.82 Å². The largest absolute Gasteiger partial charge is 0.409 e. The van der Waals surface area contributed by atoms with Crippen LogP contribution in [0.25, 0.3) is 0 Å². The van der Waals surface area contributed by atoms with E-state index in [-0.39, 0.29) is 24.5 Å². The zero-order valence-electron chi connectivity index (χ0n) is 10.8. The fourth-order valence-electron chi connectivity index (χ4n) is 1.66.